The van der Waals surface area contributed by atoms with E-state index in [9.17, 15) is 9.59 Å². The average Bonchev–Trinajstić information content (AvgIpc) is 2.63. The van der Waals surface area contributed by atoms with Crippen molar-refractivity contribution in [3.63, 3.8) is 0 Å². The van der Waals surface area contributed by atoms with Gasteiger partial charge in [-0.05, 0) is 44.5 Å². The Hall–Kier alpha value is -3.02. The van der Waals surface area contributed by atoms with Gasteiger partial charge in [0.15, 0.2) is 18.1 Å². The molecule has 0 aliphatic heterocycles. The van der Waals surface area contributed by atoms with Crippen LogP contribution in [0.4, 0.5) is 0 Å². The number of esters is 1. The summed E-state index contributed by atoms with van der Waals surface area (Å²) in [5, 5.41) is 2.73. The number of carbonyl (C=O) groups is 2. The molecule has 2 aromatic rings. The van der Waals surface area contributed by atoms with Crippen LogP contribution >= 0.6 is 0 Å². The molecule has 0 saturated heterocycles. The number of amides is 1. The molecule has 1 amide bonds. The van der Waals surface area contributed by atoms with Crippen LogP contribution < -0.4 is 14.8 Å². The quantitative estimate of drug-likeness (QED) is 0.756. The molecule has 6 nitrogen and oxygen atoms in total. The van der Waals surface area contributed by atoms with Crippen LogP contribution in [0.3, 0.4) is 0 Å². The molecular weight excluding hydrogens is 346 g/mol. The summed E-state index contributed by atoms with van der Waals surface area (Å²) in [5.74, 6) is -0.0273. The van der Waals surface area contributed by atoms with Gasteiger partial charge in [-0.1, -0.05) is 30.3 Å². The number of benzene rings is 2. The van der Waals surface area contributed by atoms with Crippen LogP contribution in [0.1, 0.15) is 36.7 Å². The molecule has 0 aliphatic rings. The predicted octanol–water partition coefficient (Wildman–Crippen LogP) is 3.35. The molecule has 0 atom stereocenters. The smallest absolute Gasteiger partial charge is 0.338 e. The molecule has 0 aliphatic carbocycles. The standard InChI is InChI=1S/C21H25NO5/c1-21(2,3)22-19(23)14-27-20(24)16-10-11-17(18(12-16)25-4)26-13-15-8-6-5-7-9-15/h5-12H,13-14H2,1-4H3,(H,22,23). The van der Waals surface area contributed by atoms with E-state index >= 15 is 0 Å². The summed E-state index contributed by atoms with van der Waals surface area (Å²) in [6.07, 6.45) is 0. The van der Waals surface area contributed by atoms with Crippen LogP contribution in [-0.2, 0) is 16.1 Å². The number of hydrogen-bond donors (Lipinski definition) is 1. The second-order valence-corrected chi connectivity index (χ2v) is 7.01. The van der Waals surface area contributed by atoms with Gasteiger partial charge in [-0.25, -0.2) is 4.79 Å². The first-order valence-electron chi connectivity index (χ1n) is 8.61. The van der Waals surface area contributed by atoms with E-state index in [1.54, 1.807) is 12.1 Å². The normalized spacial score (nSPS) is 10.8. The van der Waals surface area contributed by atoms with Crippen LogP contribution in [0.15, 0.2) is 48.5 Å². The molecule has 144 valence electrons. The molecule has 0 bridgehead atoms. The van der Waals surface area contributed by atoms with Crippen molar-refractivity contribution < 1.29 is 23.8 Å². The number of nitrogens with one attached hydrogen (secondary N) is 1. The molecule has 0 heterocycles. The second-order valence-electron chi connectivity index (χ2n) is 7.01. The van der Waals surface area contributed by atoms with Gasteiger partial charge in [-0.3, -0.25) is 4.79 Å². The number of carbonyl (C=O) groups excluding carboxylic acids is 2. The van der Waals surface area contributed by atoms with Gasteiger partial charge in [-0.15, -0.1) is 0 Å². The lowest BCUT2D eigenvalue weighted by molar-refractivity contribution is -0.125. The zero-order chi connectivity index (χ0) is 19.9. The van der Waals surface area contributed by atoms with E-state index in [1.165, 1.54) is 13.2 Å². The molecule has 27 heavy (non-hydrogen) atoms. The third-order valence-corrected chi connectivity index (χ3v) is 3.49. The summed E-state index contributed by atoms with van der Waals surface area (Å²) in [5.41, 5.74) is 0.917. The van der Waals surface area contributed by atoms with Crippen molar-refractivity contribution in [1.29, 1.82) is 0 Å². The molecule has 0 aromatic heterocycles. The molecule has 0 fully saturated rings. The minimum absolute atomic E-state index is 0.280. The monoisotopic (exact) mass is 371 g/mol. The molecule has 0 radical (unpaired) electrons. The molecule has 2 rings (SSSR count). The fourth-order valence-corrected chi connectivity index (χ4v) is 2.32. The average molecular weight is 371 g/mol. The first kappa shape index (κ1) is 20.3. The van der Waals surface area contributed by atoms with Crippen molar-refractivity contribution >= 4 is 11.9 Å². The lowest BCUT2D eigenvalue weighted by Gasteiger charge is -2.20. The van der Waals surface area contributed by atoms with Gasteiger partial charge in [0.2, 0.25) is 0 Å². The van der Waals surface area contributed by atoms with Crippen LogP contribution in [0.5, 0.6) is 11.5 Å². The van der Waals surface area contributed by atoms with Crippen molar-refractivity contribution in [3.8, 4) is 11.5 Å². The topological polar surface area (TPSA) is 73.9 Å². The molecule has 2 aromatic carbocycles. The lowest BCUT2D eigenvalue weighted by Crippen LogP contribution is -2.42. The van der Waals surface area contributed by atoms with E-state index < -0.39 is 5.97 Å². The minimum Gasteiger partial charge on any atom is -0.493 e. The van der Waals surface area contributed by atoms with Crippen LogP contribution in [0, 0.1) is 0 Å². The zero-order valence-corrected chi connectivity index (χ0v) is 16.1. The summed E-state index contributed by atoms with van der Waals surface area (Å²) >= 11 is 0. The highest BCUT2D eigenvalue weighted by Gasteiger charge is 2.17. The van der Waals surface area contributed by atoms with Crippen molar-refractivity contribution in [3.05, 3.63) is 59.7 Å². The van der Waals surface area contributed by atoms with Gasteiger partial charge in [0.1, 0.15) is 6.61 Å². The number of ether oxygens (including phenoxy) is 3. The second kappa shape index (κ2) is 9.07. The highest BCUT2D eigenvalue weighted by molar-refractivity contribution is 5.92. The Morgan fingerprint density at radius 3 is 2.33 bits per heavy atom. The SMILES string of the molecule is COc1cc(C(=O)OCC(=O)NC(C)(C)C)ccc1OCc1ccccc1. The maximum Gasteiger partial charge on any atom is 0.338 e. The van der Waals surface area contributed by atoms with E-state index in [0.717, 1.165) is 5.56 Å². The fourth-order valence-electron chi connectivity index (χ4n) is 2.32. The lowest BCUT2D eigenvalue weighted by atomic mass is 10.1. The Kier molecular flexibility index (Phi) is 6.82. The molecule has 6 heteroatoms. The maximum absolute atomic E-state index is 12.2. The Morgan fingerprint density at radius 2 is 1.70 bits per heavy atom. The molecule has 0 unspecified atom stereocenters. The van der Waals surface area contributed by atoms with E-state index in [1.807, 2.05) is 51.1 Å². The Balaban J connectivity index is 1.97. The van der Waals surface area contributed by atoms with Crippen LogP contribution in [-0.4, -0.2) is 31.1 Å². The summed E-state index contributed by atoms with van der Waals surface area (Å²) < 4.78 is 16.1. The fraction of sp³-hybridized carbons (Fsp3) is 0.333. The Morgan fingerprint density at radius 1 is 1.00 bits per heavy atom. The van der Waals surface area contributed by atoms with Crippen molar-refractivity contribution in [1.82, 2.24) is 5.32 Å². The largest absolute Gasteiger partial charge is 0.493 e. The summed E-state index contributed by atoms with van der Waals surface area (Å²) in [4.78, 5) is 23.9. The van der Waals surface area contributed by atoms with Gasteiger partial charge in [0.25, 0.3) is 5.91 Å². The Bertz CT molecular complexity index is 781. The van der Waals surface area contributed by atoms with Crippen LogP contribution in [0.2, 0.25) is 0 Å². The third-order valence-electron chi connectivity index (χ3n) is 3.49. The van der Waals surface area contributed by atoms with Crippen molar-refractivity contribution in [2.24, 2.45) is 0 Å². The van der Waals surface area contributed by atoms with E-state index in [2.05, 4.69) is 5.32 Å². The first-order chi connectivity index (χ1) is 12.8. The summed E-state index contributed by atoms with van der Waals surface area (Å²) in [7, 11) is 1.50. The number of rotatable bonds is 7. The molecular formula is C21H25NO5. The predicted molar refractivity (Wildman–Crippen MR) is 102 cm³/mol. The third kappa shape index (κ3) is 6.66. The number of methoxy groups -OCH3 is 1. The summed E-state index contributed by atoms with van der Waals surface area (Å²) in [6, 6.07) is 14.5. The first-order valence-corrected chi connectivity index (χ1v) is 8.61. The van der Waals surface area contributed by atoms with E-state index in [0.29, 0.717) is 18.1 Å². The van der Waals surface area contributed by atoms with Crippen molar-refractivity contribution in [2.75, 3.05) is 13.7 Å². The van der Waals surface area contributed by atoms with Gasteiger partial charge in [0, 0.05) is 5.54 Å². The molecule has 1 N–H and O–H groups in total. The van der Waals surface area contributed by atoms with Gasteiger partial charge in [-0.2, -0.15) is 0 Å². The number of hydrogen-bond acceptors (Lipinski definition) is 5. The van der Waals surface area contributed by atoms with Crippen molar-refractivity contribution in [2.45, 2.75) is 32.9 Å². The minimum atomic E-state index is -0.605. The van der Waals surface area contributed by atoms with Gasteiger partial charge >= 0.3 is 5.97 Å². The maximum atomic E-state index is 12.2. The summed E-state index contributed by atoms with van der Waals surface area (Å²) in [6.45, 7) is 5.60. The van der Waals surface area contributed by atoms with Gasteiger partial charge in [0.05, 0.1) is 12.7 Å². The molecule has 0 spiro atoms. The highest BCUT2D eigenvalue weighted by Crippen LogP contribution is 2.29. The Labute approximate surface area is 159 Å². The van der Waals surface area contributed by atoms with Gasteiger partial charge < -0.3 is 19.5 Å². The van der Waals surface area contributed by atoms with E-state index in [-0.39, 0.29) is 23.6 Å². The molecule has 0 saturated carbocycles. The van der Waals surface area contributed by atoms with E-state index in [4.69, 9.17) is 14.2 Å². The van der Waals surface area contributed by atoms with Crippen LogP contribution in [0.25, 0.3) is 0 Å². The highest BCUT2D eigenvalue weighted by atomic mass is 16.5. The zero-order valence-electron chi connectivity index (χ0n) is 16.1.